The average Bonchev–Trinajstić information content (AvgIpc) is 3.47. The first-order valence-electron chi connectivity index (χ1n) is 15.7. The molecule has 13 nitrogen and oxygen atoms in total. The number of aliphatic hydroxyl groups excluding tert-OH is 1. The highest BCUT2D eigenvalue weighted by Crippen LogP contribution is 2.46. The second kappa shape index (κ2) is 16.6. The van der Waals surface area contributed by atoms with Crippen LogP contribution in [0.3, 0.4) is 0 Å². The van der Waals surface area contributed by atoms with E-state index in [1.807, 2.05) is 24.3 Å². The van der Waals surface area contributed by atoms with Crippen LogP contribution in [-0.4, -0.2) is 60.9 Å². The van der Waals surface area contributed by atoms with Gasteiger partial charge in [0.1, 0.15) is 17.1 Å². The molecule has 4 rings (SSSR count). The molecular formula is C35H42N6O7. The SMILES string of the molecule is COc1ccc(CCNNC(=O)[C@@]2(CCC(=O)OC(C)(C)C)N=C(c3ccc(OCCCO)cc3)O[C@H]2c2ccccc2N=[N+]=[N-])cc1. The molecule has 48 heavy (non-hydrogen) atoms. The summed E-state index contributed by atoms with van der Waals surface area (Å²) < 4.78 is 22.9. The van der Waals surface area contributed by atoms with Gasteiger partial charge >= 0.3 is 5.97 Å². The van der Waals surface area contributed by atoms with Crippen molar-refractivity contribution >= 4 is 23.5 Å². The van der Waals surface area contributed by atoms with E-state index in [-0.39, 0.29) is 31.0 Å². The maximum atomic E-state index is 14.3. The number of hydrazine groups is 1. The largest absolute Gasteiger partial charge is 0.497 e. The maximum Gasteiger partial charge on any atom is 0.306 e. The molecule has 2 atom stereocenters. The Morgan fingerprint density at radius 1 is 1.06 bits per heavy atom. The summed E-state index contributed by atoms with van der Waals surface area (Å²) in [6, 6.07) is 21.4. The first-order chi connectivity index (χ1) is 23.1. The summed E-state index contributed by atoms with van der Waals surface area (Å²) in [5, 5.41) is 12.9. The summed E-state index contributed by atoms with van der Waals surface area (Å²) in [4.78, 5) is 35.2. The van der Waals surface area contributed by atoms with Crippen LogP contribution in [0.25, 0.3) is 10.4 Å². The molecule has 1 amide bonds. The Morgan fingerprint density at radius 2 is 1.77 bits per heavy atom. The number of hydrogen-bond acceptors (Lipinski definition) is 10. The smallest absolute Gasteiger partial charge is 0.306 e. The topological polar surface area (TPSA) is 176 Å². The van der Waals surface area contributed by atoms with Gasteiger partial charge in [0.05, 0.1) is 13.7 Å². The van der Waals surface area contributed by atoms with Crippen LogP contribution in [0.1, 0.15) is 62.8 Å². The second-order valence-corrected chi connectivity index (χ2v) is 12.1. The van der Waals surface area contributed by atoms with Crippen LogP contribution >= 0.6 is 0 Å². The maximum absolute atomic E-state index is 14.3. The first kappa shape index (κ1) is 35.7. The van der Waals surface area contributed by atoms with E-state index in [9.17, 15) is 15.1 Å². The molecule has 0 bridgehead atoms. The minimum Gasteiger partial charge on any atom is -0.497 e. The van der Waals surface area contributed by atoms with Crippen LogP contribution in [0.2, 0.25) is 0 Å². The summed E-state index contributed by atoms with van der Waals surface area (Å²) >= 11 is 0. The van der Waals surface area contributed by atoms with Gasteiger partial charge in [0, 0.05) is 47.7 Å². The summed E-state index contributed by atoms with van der Waals surface area (Å²) in [6.45, 7) is 6.08. The van der Waals surface area contributed by atoms with Crippen molar-refractivity contribution in [2.24, 2.45) is 10.1 Å². The van der Waals surface area contributed by atoms with Crippen molar-refractivity contribution in [2.45, 2.75) is 63.7 Å². The van der Waals surface area contributed by atoms with Crippen LogP contribution in [-0.2, 0) is 25.5 Å². The number of carbonyl (C=O) groups is 2. The van der Waals surface area contributed by atoms with E-state index in [1.54, 1.807) is 76.4 Å². The minimum atomic E-state index is -1.67. The van der Waals surface area contributed by atoms with E-state index in [1.165, 1.54) is 0 Å². The lowest BCUT2D eigenvalue weighted by Gasteiger charge is -2.31. The number of aliphatic imine (C=N–C) groups is 1. The Bertz CT molecular complexity index is 1620. The molecule has 0 unspecified atom stereocenters. The Morgan fingerprint density at radius 3 is 2.44 bits per heavy atom. The van der Waals surface area contributed by atoms with Crippen LogP contribution < -0.4 is 20.3 Å². The lowest BCUT2D eigenvalue weighted by Crippen LogP contribution is -2.53. The van der Waals surface area contributed by atoms with Crippen molar-refractivity contribution in [2.75, 3.05) is 26.9 Å². The van der Waals surface area contributed by atoms with Gasteiger partial charge in [-0.25, -0.2) is 10.4 Å². The first-order valence-corrected chi connectivity index (χ1v) is 15.7. The third kappa shape index (κ3) is 9.47. The van der Waals surface area contributed by atoms with Crippen molar-refractivity contribution in [3.05, 3.63) is 99.9 Å². The number of nitrogens with one attached hydrogen (secondary N) is 2. The molecule has 0 saturated heterocycles. The van der Waals surface area contributed by atoms with Gasteiger partial charge in [-0.2, -0.15) is 0 Å². The zero-order valence-electron chi connectivity index (χ0n) is 27.6. The summed E-state index contributed by atoms with van der Waals surface area (Å²) in [5.41, 5.74) is 15.0. The highest BCUT2D eigenvalue weighted by molar-refractivity contribution is 6.01. The molecule has 3 N–H and O–H groups in total. The molecule has 1 heterocycles. The molecule has 0 radical (unpaired) electrons. The predicted octanol–water partition coefficient (Wildman–Crippen LogP) is 5.64. The van der Waals surface area contributed by atoms with Gasteiger partial charge in [-0.15, -0.1) is 0 Å². The minimum absolute atomic E-state index is 0.0191. The number of ether oxygens (including phenoxy) is 4. The quantitative estimate of drug-likeness (QED) is 0.0442. The molecule has 1 aliphatic rings. The number of carbonyl (C=O) groups excluding carboxylic acids is 2. The van der Waals surface area contributed by atoms with Gasteiger partial charge < -0.3 is 24.1 Å². The van der Waals surface area contributed by atoms with E-state index in [2.05, 4.69) is 20.9 Å². The standard InChI is InChI=1S/C35H42N6O7/c1-34(2,3)48-30(43)18-20-35(33(44)40-37-21-19-24-10-14-26(45-4)15-11-24)31(28-8-5-6-9-29(28)39-41-36)47-32(38-35)25-12-16-27(17-13-25)46-23-7-22-42/h5-6,8-17,31,37,42H,7,18-23H2,1-4H3,(H,40,44)/t31-,35-/m0/s1. The van der Waals surface area contributed by atoms with Crippen molar-refractivity contribution < 1.29 is 33.6 Å². The molecule has 3 aromatic rings. The number of azide groups is 1. The molecule has 0 aliphatic carbocycles. The Kier molecular flexibility index (Phi) is 12.4. The van der Waals surface area contributed by atoms with Crippen molar-refractivity contribution in [3.63, 3.8) is 0 Å². The van der Waals surface area contributed by atoms with Gasteiger partial charge in [0.2, 0.25) is 5.90 Å². The molecule has 1 aliphatic heterocycles. The molecule has 13 heteroatoms. The summed E-state index contributed by atoms with van der Waals surface area (Å²) in [5.74, 6) is 0.455. The summed E-state index contributed by atoms with van der Waals surface area (Å²) in [7, 11) is 1.61. The number of esters is 1. The highest BCUT2D eigenvalue weighted by Gasteiger charge is 2.54. The van der Waals surface area contributed by atoms with Crippen LogP contribution in [0.15, 0.2) is 82.9 Å². The third-order valence-electron chi connectivity index (χ3n) is 7.43. The molecule has 3 aromatic carbocycles. The number of hydrogen-bond donors (Lipinski definition) is 3. The van der Waals surface area contributed by atoms with Gasteiger partial charge in [-0.3, -0.25) is 15.0 Å². The third-order valence-corrected chi connectivity index (χ3v) is 7.43. The Balaban J connectivity index is 1.68. The normalized spacial score (nSPS) is 17.0. The van der Waals surface area contributed by atoms with E-state index in [0.717, 1.165) is 11.3 Å². The van der Waals surface area contributed by atoms with Crippen LogP contribution in [0.4, 0.5) is 5.69 Å². The van der Waals surface area contributed by atoms with Crippen LogP contribution in [0.5, 0.6) is 11.5 Å². The van der Waals surface area contributed by atoms with Gasteiger partial charge in [-0.1, -0.05) is 41.5 Å². The zero-order chi connectivity index (χ0) is 34.6. The lowest BCUT2D eigenvalue weighted by atomic mass is 9.83. The number of methoxy groups -OCH3 is 1. The van der Waals surface area contributed by atoms with Crippen molar-refractivity contribution in [3.8, 4) is 11.5 Å². The molecule has 0 fully saturated rings. The molecule has 0 aromatic heterocycles. The molecule has 0 spiro atoms. The average molecular weight is 659 g/mol. The molecule has 0 saturated carbocycles. The van der Waals surface area contributed by atoms with E-state index < -0.39 is 29.1 Å². The fraction of sp³-hybridized carbons (Fsp3) is 0.400. The predicted molar refractivity (Wildman–Crippen MR) is 180 cm³/mol. The Hall–Kier alpha value is -5.10. The Labute approximate surface area is 279 Å². The van der Waals surface area contributed by atoms with Gasteiger partial charge in [-0.05, 0) is 81.1 Å². The second-order valence-electron chi connectivity index (χ2n) is 12.1. The number of aliphatic hydroxyl groups is 1. The number of nitrogens with zero attached hydrogens (tertiary/aromatic N) is 4. The van der Waals surface area contributed by atoms with Crippen molar-refractivity contribution in [1.82, 2.24) is 10.9 Å². The van der Waals surface area contributed by atoms with E-state index in [0.29, 0.717) is 42.9 Å². The lowest BCUT2D eigenvalue weighted by molar-refractivity contribution is -0.155. The monoisotopic (exact) mass is 658 g/mol. The number of benzene rings is 3. The van der Waals surface area contributed by atoms with Crippen LogP contribution in [0, 0.1) is 0 Å². The fourth-order valence-electron chi connectivity index (χ4n) is 5.13. The van der Waals surface area contributed by atoms with Gasteiger partial charge in [0.25, 0.3) is 5.91 Å². The van der Waals surface area contributed by atoms with Crippen molar-refractivity contribution in [1.29, 1.82) is 0 Å². The molecular weight excluding hydrogens is 616 g/mol. The number of amides is 1. The van der Waals surface area contributed by atoms with Gasteiger partial charge in [0.15, 0.2) is 11.6 Å². The summed E-state index contributed by atoms with van der Waals surface area (Å²) in [6.07, 6.45) is -0.187. The van der Waals surface area contributed by atoms with E-state index in [4.69, 9.17) is 29.0 Å². The van der Waals surface area contributed by atoms with E-state index >= 15 is 0 Å². The number of rotatable bonds is 16. The molecule has 254 valence electrons. The highest BCUT2D eigenvalue weighted by atomic mass is 16.6. The fourth-order valence-corrected chi connectivity index (χ4v) is 5.13. The zero-order valence-corrected chi connectivity index (χ0v) is 27.6.